The van der Waals surface area contributed by atoms with Crippen LogP contribution >= 0.6 is 0 Å². The molecule has 1 aliphatic heterocycles. The van der Waals surface area contributed by atoms with Gasteiger partial charge in [0, 0.05) is 19.6 Å². The highest BCUT2D eigenvalue weighted by atomic mass is 16.5. The molecule has 1 aliphatic carbocycles. The van der Waals surface area contributed by atoms with Gasteiger partial charge in [-0.15, -0.1) is 0 Å². The first-order chi connectivity index (χ1) is 12.9. The second kappa shape index (κ2) is 8.06. The number of nitrogens with one attached hydrogen (secondary N) is 1. The van der Waals surface area contributed by atoms with Crippen LogP contribution in [0.25, 0.3) is 0 Å². The van der Waals surface area contributed by atoms with Crippen molar-refractivity contribution >= 4 is 12.0 Å². The number of hydrogen-bond donors (Lipinski definition) is 2. The summed E-state index contributed by atoms with van der Waals surface area (Å²) in [6.45, 7) is 2.71. The van der Waals surface area contributed by atoms with Gasteiger partial charge in [-0.3, -0.25) is 4.79 Å². The first kappa shape index (κ1) is 19.3. The Bertz CT molecular complexity index is 702. The third-order valence-corrected chi connectivity index (χ3v) is 5.54. The number of carbonyl (C=O) groups excluding carboxylic acids is 1. The van der Waals surface area contributed by atoms with E-state index in [0.717, 1.165) is 18.4 Å². The number of hydrogen-bond acceptors (Lipinski definition) is 4. The molecule has 1 heterocycles. The minimum absolute atomic E-state index is 0.224. The number of likely N-dealkylation sites (tertiary alicyclic amines) is 1. The lowest BCUT2D eigenvalue weighted by Gasteiger charge is -2.21. The number of carboxylic acids is 1. The lowest BCUT2D eigenvalue weighted by Crippen LogP contribution is -2.40. The van der Waals surface area contributed by atoms with Crippen molar-refractivity contribution in [1.29, 1.82) is 0 Å². The van der Waals surface area contributed by atoms with Gasteiger partial charge in [0.15, 0.2) is 11.5 Å². The number of nitrogens with zero attached hydrogens (tertiary/aromatic N) is 1. The number of benzene rings is 1. The quantitative estimate of drug-likeness (QED) is 0.797. The van der Waals surface area contributed by atoms with E-state index in [1.165, 1.54) is 12.8 Å². The van der Waals surface area contributed by atoms with E-state index in [4.69, 9.17) is 9.47 Å². The van der Waals surface area contributed by atoms with Crippen LogP contribution in [0.15, 0.2) is 18.2 Å². The number of amides is 2. The Morgan fingerprint density at radius 1 is 1.30 bits per heavy atom. The topological polar surface area (TPSA) is 88.1 Å². The zero-order valence-corrected chi connectivity index (χ0v) is 16.0. The van der Waals surface area contributed by atoms with Crippen LogP contribution in [0.1, 0.15) is 44.6 Å². The van der Waals surface area contributed by atoms with Crippen LogP contribution in [0.3, 0.4) is 0 Å². The first-order valence-electron chi connectivity index (χ1n) is 9.51. The molecule has 1 saturated carbocycles. The van der Waals surface area contributed by atoms with Crippen LogP contribution in [0, 0.1) is 5.41 Å². The Balaban J connectivity index is 1.59. The van der Waals surface area contributed by atoms with E-state index in [1.54, 1.807) is 18.9 Å². The summed E-state index contributed by atoms with van der Waals surface area (Å²) in [5.74, 6) is 0.533. The van der Waals surface area contributed by atoms with Crippen LogP contribution in [0.4, 0.5) is 4.79 Å². The molecule has 0 aromatic heterocycles. The summed E-state index contributed by atoms with van der Waals surface area (Å²) in [5.41, 5.74) is 0.0528. The second-order valence-corrected chi connectivity index (χ2v) is 7.71. The van der Waals surface area contributed by atoms with E-state index < -0.39 is 11.4 Å². The molecule has 1 unspecified atom stereocenters. The highest BCUT2D eigenvalue weighted by molar-refractivity contribution is 5.79. The average Bonchev–Trinajstić information content (AvgIpc) is 3.30. The molecule has 0 bridgehead atoms. The van der Waals surface area contributed by atoms with E-state index in [0.29, 0.717) is 31.0 Å². The molecule has 7 nitrogen and oxygen atoms in total. The van der Waals surface area contributed by atoms with Gasteiger partial charge in [-0.05, 0) is 56.7 Å². The fraction of sp³-hybridized carbons (Fsp3) is 0.600. The maximum atomic E-state index is 12.4. The summed E-state index contributed by atoms with van der Waals surface area (Å²) in [6, 6.07) is 5.41. The van der Waals surface area contributed by atoms with Gasteiger partial charge in [-0.2, -0.15) is 0 Å². The van der Waals surface area contributed by atoms with Gasteiger partial charge in [0.25, 0.3) is 0 Å². The summed E-state index contributed by atoms with van der Waals surface area (Å²) >= 11 is 0. The maximum Gasteiger partial charge on any atom is 0.317 e. The summed E-state index contributed by atoms with van der Waals surface area (Å²) in [7, 11) is 1.62. The molecule has 1 aromatic carbocycles. The standard InChI is InChI=1S/C20H28N2O5/c1-20(18(23)24)9-10-22(13-20)19(25)21-12-14-7-8-16(26-2)17(11-14)27-15-5-3-4-6-15/h7-8,11,15H,3-6,9-10,12-13H2,1-2H3,(H,21,25)(H,23,24). The molecule has 1 saturated heterocycles. The Labute approximate surface area is 159 Å². The first-order valence-corrected chi connectivity index (χ1v) is 9.51. The highest BCUT2D eigenvalue weighted by Gasteiger charge is 2.42. The molecule has 148 valence electrons. The van der Waals surface area contributed by atoms with Gasteiger partial charge >= 0.3 is 12.0 Å². The van der Waals surface area contributed by atoms with E-state index in [9.17, 15) is 14.7 Å². The van der Waals surface area contributed by atoms with Crippen molar-refractivity contribution in [3.05, 3.63) is 23.8 Å². The molecule has 1 aromatic rings. The Kier molecular flexibility index (Phi) is 5.77. The second-order valence-electron chi connectivity index (χ2n) is 7.71. The van der Waals surface area contributed by atoms with Crippen molar-refractivity contribution in [2.75, 3.05) is 20.2 Å². The lowest BCUT2D eigenvalue weighted by atomic mass is 9.90. The van der Waals surface area contributed by atoms with Crippen LogP contribution in [0.5, 0.6) is 11.5 Å². The predicted octanol–water partition coefficient (Wildman–Crippen LogP) is 3.02. The molecule has 0 spiro atoms. The van der Waals surface area contributed by atoms with Gasteiger partial charge in [0.1, 0.15) is 0 Å². The zero-order valence-electron chi connectivity index (χ0n) is 16.0. The van der Waals surface area contributed by atoms with Crippen LogP contribution in [-0.2, 0) is 11.3 Å². The number of urea groups is 1. The van der Waals surface area contributed by atoms with Crippen molar-refractivity contribution < 1.29 is 24.2 Å². The normalized spacial score (nSPS) is 22.7. The van der Waals surface area contributed by atoms with E-state index >= 15 is 0 Å². The molecule has 2 N–H and O–H groups in total. The van der Waals surface area contributed by atoms with Gasteiger partial charge in [-0.1, -0.05) is 6.07 Å². The third-order valence-electron chi connectivity index (χ3n) is 5.54. The number of carboxylic acid groups (broad SMARTS) is 1. The van der Waals surface area contributed by atoms with Crippen molar-refractivity contribution in [3.8, 4) is 11.5 Å². The maximum absolute atomic E-state index is 12.4. The van der Waals surface area contributed by atoms with Gasteiger partial charge < -0.3 is 24.8 Å². The van der Waals surface area contributed by atoms with E-state index in [2.05, 4.69) is 5.32 Å². The van der Waals surface area contributed by atoms with Crippen LogP contribution in [-0.4, -0.2) is 48.3 Å². The minimum atomic E-state index is -0.861. The average molecular weight is 376 g/mol. The molecule has 2 amide bonds. The number of ether oxygens (including phenoxy) is 2. The van der Waals surface area contributed by atoms with Gasteiger partial charge in [-0.25, -0.2) is 4.79 Å². The van der Waals surface area contributed by atoms with Crippen LogP contribution in [0.2, 0.25) is 0 Å². The number of methoxy groups -OCH3 is 1. The van der Waals surface area contributed by atoms with Crippen molar-refractivity contribution in [1.82, 2.24) is 10.2 Å². The Morgan fingerprint density at radius 2 is 2.04 bits per heavy atom. The highest BCUT2D eigenvalue weighted by Crippen LogP contribution is 2.33. The van der Waals surface area contributed by atoms with E-state index in [-0.39, 0.29) is 18.7 Å². The smallest absolute Gasteiger partial charge is 0.317 e. The van der Waals surface area contributed by atoms with Crippen molar-refractivity contribution in [2.45, 2.75) is 51.7 Å². The van der Waals surface area contributed by atoms with Crippen LogP contribution < -0.4 is 14.8 Å². The number of carbonyl (C=O) groups is 2. The molecule has 0 radical (unpaired) electrons. The molecule has 7 heteroatoms. The van der Waals surface area contributed by atoms with Gasteiger partial charge in [0.2, 0.25) is 0 Å². The molecule has 2 aliphatic rings. The predicted molar refractivity (Wildman–Crippen MR) is 100 cm³/mol. The minimum Gasteiger partial charge on any atom is -0.493 e. The summed E-state index contributed by atoms with van der Waals surface area (Å²) < 4.78 is 11.5. The SMILES string of the molecule is COc1ccc(CNC(=O)N2CCC(C)(C(=O)O)C2)cc1OC1CCCC1. The van der Waals surface area contributed by atoms with Crippen molar-refractivity contribution in [2.24, 2.45) is 5.41 Å². The molecule has 1 atom stereocenters. The monoisotopic (exact) mass is 376 g/mol. The summed E-state index contributed by atoms with van der Waals surface area (Å²) in [6.07, 6.45) is 5.18. The number of rotatable bonds is 6. The van der Waals surface area contributed by atoms with Crippen molar-refractivity contribution in [3.63, 3.8) is 0 Å². The number of aliphatic carboxylic acids is 1. The molecule has 3 rings (SSSR count). The zero-order chi connectivity index (χ0) is 19.4. The van der Waals surface area contributed by atoms with Gasteiger partial charge in [0.05, 0.1) is 18.6 Å². The Hall–Kier alpha value is -2.44. The third kappa shape index (κ3) is 4.46. The fourth-order valence-electron chi connectivity index (χ4n) is 3.71. The molecular formula is C20H28N2O5. The lowest BCUT2D eigenvalue weighted by molar-refractivity contribution is -0.147. The molecule has 2 fully saturated rings. The summed E-state index contributed by atoms with van der Waals surface area (Å²) in [4.78, 5) is 25.3. The fourth-order valence-corrected chi connectivity index (χ4v) is 3.71. The largest absolute Gasteiger partial charge is 0.493 e. The molecular weight excluding hydrogens is 348 g/mol. The van der Waals surface area contributed by atoms with E-state index in [1.807, 2.05) is 18.2 Å². The molecule has 27 heavy (non-hydrogen) atoms. The summed E-state index contributed by atoms with van der Waals surface area (Å²) in [5, 5.41) is 12.2. The Morgan fingerprint density at radius 3 is 2.67 bits per heavy atom.